The van der Waals surface area contributed by atoms with E-state index in [2.05, 4.69) is 10.3 Å². The van der Waals surface area contributed by atoms with Crippen LogP contribution in [-0.4, -0.2) is 30.1 Å². The van der Waals surface area contributed by atoms with E-state index in [-0.39, 0.29) is 12.0 Å². The van der Waals surface area contributed by atoms with Crippen LogP contribution in [0, 0.1) is 6.92 Å². The highest BCUT2D eigenvalue weighted by atomic mass is 32.1. The minimum atomic E-state index is -0.181. The van der Waals surface area contributed by atoms with E-state index >= 15 is 0 Å². The van der Waals surface area contributed by atoms with Crippen molar-refractivity contribution in [1.29, 1.82) is 0 Å². The zero-order valence-electron chi connectivity index (χ0n) is 12.8. The molecule has 3 N–H and O–H groups in total. The number of benzene rings is 1. The number of carbonyl (C=O) groups is 1. The molecule has 1 unspecified atom stereocenters. The lowest BCUT2D eigenvalue weighted by atomic mass is 10.2. The number of nitrogens with one attached hydrogen (secondary N) is 1. The highest BCUT2D eigenvalue weighted by molar-refractivity contribution is 7.09. The number of aryl methyl sites for hydroxylation is 1. The quantitative estimate of drug-likeness (QED) is 0.820. The number of nitrogens with two attached hydrogens (primary N) is 1. The van der Waals surface area contributed by atoms with Crippen molar-refractivity contribution < 1.29 is 9.53 Å². The lowest BCUT2D eigenvalue weighted by Crippen LogP contribution is -2.33. The molecule has 118 valence electrons. The zero-order chi connectivity index (χ0) is 15.9. The van der Waals surface area contributed by atoms with Crippen molar-refractivity contribution in [1.82, 2.24) is 10.3 Å². The number of nitrogens with zero attached hydrogens (tertiary/aromatic N) is 1. The van der Waals surface area contributed by atoms with Gasteiger partial charge in [0.2, 0.25) is 0 Å². The van der Waals surface area contributed by atoms with Gasteiger partial charge in [0.25, 0.3) is 5.91 Å². The number of thiazole rings is 1. The maximum absolute atomic E-state index is 12.0. The van der Waals surface area contributed by atoms with Crippen molar-refractivity contribution in [3.05, 3.63) is 45.9 Å². The summed E-state index contributed by atoms with van der Waals surface area (Å²) in [4.78, 5) is 16.3. The van der Waals surface area contributed by atoms with Gasteiger partial charge in [-0.1, -0.05) is 12.1 Å². The van der Waals surface area contributed by atoms with Crippen molar-refractivity contribution in [3.63, 3.8) is 0 Å². The molecule has 1 atom stereocenters. The van der Waals surface area contributed by atoms with E-state index in [1.807, 2.05) is 38.1 Å². The van der Waals surface area contributed by atoms with Crippen LogP contribution in [0.4, 0.5) is 0 Å². The second-order valence-corrected chi connectivity index (χ2v) is 6.06. The molecule has 1 aromatic carbocycles. The topological polar surface area (TPSA) is 77.2 Å². The summed E-state index contributed by atoms with van der Waals surface area (Å²) < 4.78 is 5.78. The Labute approximate surface area is 134 Å². The zero-order valence-corrected chi connectivity index (χ0v) is 13.7. The minimum Gasteiger partial charge on any atom is -0.489 e. The lowest BCUT2D eigenvalue weighted by Gasteiger charge is -2.15. The molecule has 2 rings (SSSR count). The fraction of sp³-hybridized carbons (Fsp3) is 0.375. The SMILES string of the molecule is Cc1cccc(OC(C)CNC(=O)c2csc(CCN)n2)c1. The van der Waals surface area contributed by atoms with Gasteiger partial charge in [-0.25, -0.2) is 4.98 Å². The van der Waals surface area contributed by atoms with Crippen LogP contribution >= 0.6 is 11.3 Å². The molecule has 0 saturated carbocycles. The average molecular weight is 319 g/mol. The molecule has 22 heavy (non-hydrogen) atoms. The molecule has 1 aromatic heterocycles. The molecule has 2 aromatic rings. The first-order valence-corrected chi connectivity index (χ1v) is 8.12. The molecule has 6 heteroatoms. The Balaban J connectivity index is 1.82. The van der Waals surface area contributed by atoms with Gasteiger partial charge < -0.3 is 15.8 Å². The minimum absolute atomic E-state index is 0.118. The molecule has 0 aliphatic heterocycles. The van der Waals surface area contributed by atoms with Crippen molar-refractivity contribution in [3.8, 4) is 5.75 Å². The molecule has 0 fully saturated rings. The van der Waals surface area contributed by atoms with Gasteiger partial charge in [-0.2, -0.15) is 0 Å². The summed E-state index contributed by atoms with van der Waals surface area (Å²) in [5, 5.41) is 5.48. The Bertz CT molecular complexity index is 627. The van der Waals surface area contributed by atoms with Crippen LogP contribution in [-0.2, 0) is 6.42 Å². The van der Waals surface area contributed by atoms with E-state index in [0.717, 1.165) is 16.3 Å². The summed E-state index contributed by atoms with van der Waals surface area (Å²) >= 11 is 1.46. The van der Waals surface area contributed by atoms with Gasteiger partial charge >= 0.3 is 0 Å². The van der Waals surface area contributed by atoms with Crippen molar-refractivity contribution in [2.24, 2.45) is 5.73 Å². The van der Waals surface area contributed by atoms with E-state index < -0.39 is 0 Å². The molecular formula is C16H21N3O2S. The fourth-order valence-corrected chi connectivity index (χ4v) is 2.74. The summed E-state index contributed by atoms with van der Waals surface area (Å²) in [6.07, 6.45) is 0.582. The van der Waals surface area contributed by atoms with Crippen LogP contribution in [0.25, 0.3) is 0 Å². The number of aromatic nitrogens is 1. The van der Waals surface area contributed by atoms with Gasteiger partial charge in [-0.05, 0) is 38.1 Å². The largest absolute Gasteiger partial charge is 0.489 e. The van der Waals surface area contributed by atoms with E-state index in [4.69, 9.17) is 10.5 Å². The smallest absolute Gasteiger partial charge is 0.270 e. The molecule has 0 radical (unpaired) electrons. The van der Waals surface area contributed by atoms with Crippen LogP contribution in [0.5, 0.6) is 5.75 Å². The first kappa shape index (κ1) is 16.5. The predicted octanol–water partition coefficient (Wildman–Crippen LogP) is 2.15. The van der Waals surface area contributed by atoms with Crippen LogP contribution < -0.4 is 15.8 Å². The monoisotopic (exact) mass is 319 g/mol. The number of hydrogen-bond acceptors (Lipinski definition) is 5. The van der Waals surface area contributed by atoms with E-state index in [1.165, 1.54) is 11.3 Å². The van der Waals surface area contributed by atoms with Crippen LogP contribution in [0.1, 0.15) is 28.0 Å². The highest BCUT2D eigenvalue weighted by Gasteiger charge is 2.12. The maximum Gasteiger partial charge on any atom is 0.270 e. The van der Waals surface area contributed by atoms with E-state index in [1.54, 1.807) is 5.38 Å². The van der Waals surface area contributed by atoms with E-state index in [0.29, 0.717) is 25.2 Å². The van der Waals surface area contributed by atoms with E-state index in [9.17, 15) is 4.79 Å². The molecule has 0 aliphatic rings. The number of amides is 1. The third-order valence-corrected chi connectivity index (χ3v) is 3.93. The van der Waals surface area contributed by atoms with Crippen LogP contribution in [0.2, 0.25) is 0 Å². The Morgan fingerprint density at radius 2 is 2.32 bits per heavy atom. The first-order valence-electron chi connectivity index (χ1n) is 7.24. The second kappa shape index (κ2) is 7.91. The van der Waals surface area contributed by atoms with Gasteiger partial charge in [-0.15, -0.1) is 11.3 Å². The number of hydrogen-bond donors (Lipinski definition) is 2. The molecule has 0 saturated heterocycles. The molecule has 0 spiro atoms. The summed E-state index contributed by atoms with van der Waals surface area (Å²) in [6.45, 7) is 4.90. The second-order valence-electron chi connectivity index (χ2n) is 5.12. The Morgan fingerprint density at radius 3 is 3.05 bits per heavy atom. The molecular weight excluding hydrogens is 298 g/mol. The van der Waals surface area contributed by atoms with Gasteiger partial charge in [0.05, 0.1) is 11.6 Å². The van der Waals surface area contributed by atoms with Crippen LogP contribution in [0.15, 0.2) is 29.6 Å². The van der Waals surface area contributed by atoms with Crippen molar-refractivity contribution in [2.75, 3.05) is 13.1 Å². The highest BCUT2D eigenvalue weighted by Crippen LogP contribution is 2.14. The average Bonchev–Trinajstić information content (AvgIpc) is 2.94. The first-order chi connectivity index (χ1) is 10.6. The molecule has 1 heterocycles. The summed E-state index contributed by atoms with van der Waals surface area (Å²) in [5.41, 5.74) is 7.06. The Hall–Kier alpha value is -1.92. The lowest BCUT2D eigenvalue weighted by molar-refractivity contribution is 0.0927. The third-order valence-electron chi connectivity index (χ3n) is 3.02. The van der Waals surface area contributed by atoms with Crippen molar-refractivity contribution in [2.45, 2.75) is 26.4 Å². The molecule has 0 bridgehead atoms. The Kier molecular flexibility index (Phi) is 5.91. The number of carbonyl (C=O) groups excluding carboxylic acids is 1. The summed E-state index contributed by atoms with van der Waals surface area (Å²) in [5.74, 6) is 0.625. The summed E-state index contributed by atoms with van der Waals surface area (Å²) in [7, 11) is 0. The number of ether oxygens (including phenoxy) is 1. The van der Waals surface area contributed by atoms with Crippen LogP contribution in [0.3, 0.4) is 0 Å². The van der Waals surface area contributed by atoms with Gasteiger partial charge in [-0.3, -0.25) is 4.79 Å². The maximum atomic E-state index is 12.0. The third kappa shape index (κ3) is 4.82. The predicted molar refractivity (Wildman–Crippen MR) is 88.5 cm³/mol. The standard InChI is InChI=1S/C16H21N3O2S/c1-11-4-3-5-13(8-11)21-12(2)9-18-16(20)14-10-22-15(19-14)6-7-17/h3-5,8,10,12H,6-7,9,17H2,1-2H3,(H,18,20). The summed E-state index contributed by atoms with van der Waals surface area (Å²) in [6, 6.07) is 7.84. The Morgan fingerprint density at radius 1 is 1.50 bits per heavy atom. The molecule has 1 amide bonds. The fourth-order valence-electron chi connectivity index (χ4n) is 1.94. The molecule has 5 nitrogen and oxygen atoms in total. The van der Waals surface area contributed by atoms with Gasteiger partial charge in [0.1, 0.15) is 17.5 Å². The molecule has 0 aliphatic carbocycles. The normalized spacial score (nSPS) is 12.0. The van der Waals surface area contributed by atoms with Crippen molar-refractivity contribution >= 4 is 17.2 Å². The number of rotatable bonds is 7. The van der Waals surface area contributed by atoms with Gasteiger partial charge in [0, 0.05) is 11.8 Å². The van der Waals surface area contributed by atoms with Gasteiger partial charge in [0.15, 0.2) is 0 Å².